The average Bonchev–Trinajstić information content (AvgIpc) is 0.810. The van der Waals surface area contributed by atoms with Crippen LogP contribution >= 0.6 is 0 Å². The van der Waals surface area contributed by atoms with Crippen molar-refractivity contribution in [1.82, 2.24) is 42.5 Å². The molecule has 3 unspecified atom stereocenters. The zero-order chi connectivity index (χ0) is 81.2. The van der Waals surface area contributed by atoms with Gasteiger partial charge in [-0.05, 0) is 77.0 Å². The number of carbonyl (C=O) groups excluding carboxylic acids is 11. The molecule has 0 aromatic rings. The molecule has 0 saturated carbocycles. The highest BCUT2D eigenvalue weighted by molar-refractivity contribution is 5.80. The third kappa shape index (κ3) is 40.5. The summed E-state index contributed by atoms with van der Waals surface area (Å²) in [6.07, 6.45) is 8.94. The molecule has 0 aromatic heterocycles. The Balaban J connectivity index is 1.63. The molecule has 15 atom stereocenters. The summed E-state index contributed by atoms with van der Waals surface area (Å²) in [4.78, 5) is 139. The van der Waals surface area contributed by atoms with Crippen LogP contribution in [0.4, 0.5) is 0 Å². The molecule has 0 aliphatic carbocycles. The summed E-state index contributed by atoms with van der Waals surface area (Å²) in [5, 5.41) is 32.4. The molecule has 3 rings (SSSR count). The van der Waals surface area contributed by atoms with Crippen molar-refractivity contribution in [2.24, 2.45) is 17.8 Å². The Bertz CT molecular complexity index is 2460. The van der Waals surface area contributed by atoms with Crippen LogP contribution in [0.5, 0.6) is 0 Å². The van der Waals surface area contributed by atoms with Crippen molar-refractivity contribution in [3.8, 4) is 0 Å². The molecule has 0 aromatic carbocycles. The molecule has 0 radical (unpaired) electrons. The Morgan fingerprint density at radius 3 is 0.891 bits per heavy atom. The number of ether oxygens (including phenoxy) is 12. The number of aliphatic hydroxyl groups is 1. The van der Waals surface area contributed by atoms with Crippen LogP contribution in [0, 0.1) is 17.8 Å². The molecule has 8 amide bonds. The summed E-state index contributed by atoms with van der Waals surface area (Å²) in [6.45, 7) is 21.8. The third-order valence-corrected chi connectivity index (χ3v) is 19.6. The van der Waals surface area contributed by atoms with Gasteiger partial charge in [0.05, 0.1) is 58.0 Å². The first kappa shape index (κ1) is 98.0. The topological polar surface area (TPSA) is 415 Å². The summed E-state index contributed by atoms with van der Waals surface area (Å²) in [6, 6.07) is -2.05. The highest BCUT2D eigenvalue weighted by atomic mass is 16.7. The Labute approximate surface area is 652 Å². The van der Waals surface area contributed by atoms with E-state index in [1.807, 2.05) is 41.5 Å². The van der Waals surface area contributed by atoms with E-state index >= 15 is 0 Å². The lowest BCUT2D eigenvalue weighted by Gasteiger charge is -2.44. The Kier molecular flexibility index (Phi) is 50.7. The van der Waals surface area contributed by atoms with Crippen LogP contribution in [0.2, 0.25) is 0 Å². The quantitative estimate of drug-likeness (QED) is 0.0203. The normalized spacial score (nSPS) is 24.3. The second-order valence-corrected chi connectivity index (χ2v) is 29.3. The summed E-state index contributed by atoms with van der Waals surface area (Å²) in [5.41, 5.74) is -1.40. The number of esters is 3. The zero-order valence-corrected chi connectivity index (χ0v) is 68.1. The van der Waals surface area contributed by atoms with E-state index in [1.165, 1.54) is 41.5 Å². The molecule has 634 valence electrons. The van der Waals surface area contributed by atoms with Gasteiger partial charge in [0.1, 0.15) is 42.0 Å². The van der Waals surface area contributed by atoms with Crippen molar-refractivity contribution in [3.63, 3.8) is 0 Å². The fraction of sp³-hybridized carbons (Fsp3) is 0.859. The predicted molar refractivity (Wildman–Crippen MR) is 406 cm³/mol. The summed E-state index contributed by atoms with van der Waals surface area (Å²) >= 11 is 0. The molecular formula is C78H138N8O24. The van der Waals surface area contributed by atoms with Gasteiger partial charge < -0.3 is 104 Å². The van der Waals surface area contributed by atoms with E-state index in [-0.39, 0.29) is 162 Å². The molecule has 9 N–H and O–H groups in total. The Hall–Kier alpha value is -6.23. The molecule has 32 nitrogen and oxygen atoms in total. The van der Waals surface area contributed by atoms with Crippen molar-refractivity contribution < 1.29 is 115 Å². The number of aliphatic hydroxyl groups excluding tert-OH is 1. The number of carbonyl (C=O) groups is 11. The van der Waals surface area contributed by atoms with Gasteiger partial charge in [0.25, 0.3) is 0 Å². The van der Waals surface area contributed by atoms with E-state index in [1.54, 1.807) is 0 Å². The second kappa shape index (κ2) is 56.9. The smallest absolute Gasteiger partial charge is 0.302 e. The van der Waals surface area contributed by atoms with Gasteiger partial charge in [-0.25, -0.2) is 0 Å². The van der Waals surface area contributed by atoms with Crippen molar-refractivity contribution in [2.45, 2.75) is 323 Å². The highest BCUT2D eigenvalue weighted by Gasteiger charge is 2.49. The standard InChI is InChI=1S/C78H138N8O24/c1-13-61-52(4)72(105-58(10)91)69(83-55(7)88)75(108-61)102-43-29-21-17-25-39-80-65(95)35-46-99-49-78(86-68(98)34-32-33-64(94)79-38-24-16-20-28-42-87,50-100-47-36-66(96)81-40-26-18-22-30-44-103-76-70(84-56(8)89)73(106-59(11)92)53(5)62(14-2)109-76)51-101-48-37-67(97)82-41-27-19-23-31-45-104-77-71(85-57(9)90)74(107-60(12)93)54(6)63(15-3)110-77/h52-54,61-63,69-77,87H,13-51H2,1-12H3,(H,79,94)(H,80,95)(H,81,96)(H,82,97)(H,83,88)(H,84,89)(H,85,90)(H,86,98)/t52-,53-,54-,61+,62+,63+,69+,70+,71+,72-,73-,74-,75?,76?,77?,78?/m0/s1. The van der Waals surface area contributed by atoms with E-state index in [9.17, 15) is 52.7 Å². The average molecular weight is 1570 g/mol. The Morgan fingerprint density at radius 1 is 0.345 bits per heavy atom. The molecule has 3 heterocycles. The SMILES string of the molecule is CC[C@H]1OC(OCCCCCCNC(=O)CCOCC(COCCC(=O)NCCCCCCOC2O[C@H](CC)[C@H](C)[C@H](OC(C)=O)[C@H]2NC(C)=O)(COCCC(=O)NCCCCCCOC2O[C@H](CC)[C@H](C)[C@H](OC(C)=O)[C@H]2NC(C)=O)NC(=O)CCCC(=O)NCCCCCCO)[C@H](NC(C)=O)[C@@H](OC(C)=O)[C@H]1C. The lowest BCUT2D eigenvalue weighted by molar-refractivity contribution is -0.253. The van der Waals surface area contributed by atoms with Gasteiger partial charge >= 0.3 is 17.9 Å². The molecule has 0 spiro atoms. The van der Waals surface area contributed by atoms with E-state index in [2.05, 4.69) is 42.5 Å². The largest absolute Gasteiger partial charge is 0.460 e. The lowest BCUT2D eigenvalue weighted by Crippen LogP contribution is -2.62. The van der Waals surface area contributed by atoms with Gasteiger partial charge in [-0.1, -0.05) is 92.9 Å². The van der Waals surface area contributed by atoms with E-state index in [0.717, 1.165) is 57.8 Å². The number of amides is 8. The minimum Gasteiger partial charge on any atom is -0.460 e. The number of hydrogen-bond acceptors (Lipinski definition) is 24. The number of rotatable bonds is 59. The fourth-order valence-electron chi connectivity index (χ4n) is 13.8. The minimum absolute atomic E-state index is 0.0252. The highest BCUT2D eigenvalue weighted by Crippen LogP contribution is 2.34. The van der Waals surface area contributed by atoms with Crippen molar-refractivity contribution in [2.75, 3.05) is 92.2 Å². The van der Waals surface area contributed by atoms with E-state index in [4.69, 9.17) is 61.9 Å². The maximum Gasteiger partial charge on any atom is 0.302 e. The van der Waals surface area contributed by atoms with Crippen molar-refractivity contribution in [3.05, 3.63) is 0 Å². The van der Waals surface area contributed by atoms with Crippen LogP contribution in [-0.2, 0) is 110 Å². The fourth-order valence-corrected chi connectivity index (χ4v) is 13.8. The third-order valence-electron chi connectivity index (χ3n) is 19.6. The summed E-state index contributed by atoms with van der Waals surface area (Å²) in [5.74, 6) is -4.26. The van der Waals surface area contributed by atoms with Crippen LogP contribution in [0.1, 0.15) is 244 Å². The summed E-state index contributed by atoms with van der Waals surface area (Å²) < 4.78 is 72.6. The molecule has 110 heavy (non-hydrogen) atoms. The van der Waals surface area contributed by atoms with Crippen LogP contribution in [-0.4, -0.2) is 242 Å². The second-order valence-electron chi connectivity index (χ2n) is 29.3. The van der Waals surface area contributed by atoms with E-state index in [0.29, 0.717) is 110 Å². The van der Waals surface area contributed by atoms with Crippen LogP contribution in [0.3, 0.4) is 0 Å². The monoisotopic (exact) mass is 1570 g/mol. The first-order valence-corrected chi connectivity index (χ1v) is 40.5. The number of nitrogens with one attached hydrogen (secondary N) is 8. The predicted octanol–water partition coefficient (Wildman–Crippen LogP) is 5.60. The van der Waals surface area contributed by atoms with Gasteiger partial charge in [-0.2, -0.15) is 0 Å². The maximum atomic E-state index is 14.0. The molecule has 0 bridgehead atoms. The minimum atomic E-state index is -1.40. The Morgan fingerprint density at radius 2 is 0.618 bits per heavy atom. The van der Waals surface area contributed by atoms with Crippen molar-refractivity contribution >= 4 is 65.2 Å². The number of hydrogen-bond donors (Lipinski definition) is 9. The van der Waals surface area contributed by atoms with Crippen LogP contribution < -0.4 is 42.5 Å². The first-order valence-electron chi connectivity index (χ1n) is 40.5. The van der Waals surface area contributed by atoms with E-state index < -0.39 is 84.7 Å². The van der Waals surface area contributed by atoms with Crippen LogP contribution in [0.15, 0.2) is 0 Å². The molecule has 3 saturated heterocycles. The lowest BCUT2D eigenvalue weighted by atomic mass is 9.87. The molecular weight excluding hydrogens is 1430 g/mol. The zero-order valence-electron chi connectivity index (χ0n) is 68.1. The molecule has 3 fully saturated rings. The molecule has 3 aliphatic rings. The van der Waals surface area contributed by atoms with Gasteiger partial charge in [-0.15, -0.1) is 0 Å². The number of unbranched alkanes of at least 4 members (excludes halogenated alkanes) is 12. The van der Waals surface area contributed by atoms with Gasteiger partial charge in [0.2, 0.25) is 47.3 Å². The van der Waals surface area contributed by atoms with Gasteiger partial charge in [-0.3, -0.25) is 52.7 Å². The van der Waals surface area contributed by atoms with Crippen LogP contribution in [0.25, 0.3) is 0 Å². The van der Waals surface area contributed by atoms with Crippen molar-refractivity contribution in [1.29, 1.82) is 0 Å². The first-order chi connectivity index (χ1) is 52.7. The van der Waals surface area contributed by atoms with Gasteiger partial charge in [0, 0.05) is 144 Å². The summed E-state index contributed by atoms with van der Waals surface area (Å²) in [7, 11) is 0. The molecule has 32 heteroatoms. The molecule has 3 aliphatic heterocycles. The van der Waals surface area contributed by atoms with Gasteiger partial charge in [0.15, 0.2) is 18.9 Å². The maximum absolute atomic E-state index is 14.0.